The van der Waals surface area contributed by atoms with Crippen LogP contribution in [0.25, 0.3) is 32.7 Å². The minimum atomic E-state index is 0. The van der Waals surface area contributed by atoms with Gasteiger partial charge >= 0.3 is 0 Å². The van der Waals surface area contributed by atoms with Crippen LogP contribution in [-0.2, 0) is 21.7 Å². The Bertz CT molecular complexity index is 821. The van der Waals surface area contributed by atoms with E-state index in [0.29, 0.717) is 0 Å². The zero-order chi connectivity index (χ0) is 13.4. The van der Waals surface area contributed by atoms with E-state index in [2.05, 4.69) is 84.9 Å². The molecular formula is C20H14Ti. The Morgan fingerprint density at radius 2 is 0.762 bits per heavy atom. The Morgan fingerprint density at radius 3 is 1.24 bits per heavy atom. The van der Waals surface area contributed by atoms with Crippen molar-refractivity contribution in [1.29, 1.82) is 0 Å². The minimum Gasteiger partial charge on any atom is -0.0616 e. The van der Waals surface area contributed by atoms with E-state index in [-0.39, 0.29) is 21.7 Å². The van der Waals surface area contributed by atoms with E-state index in [9.17, 15) is 0 Å². The van der Waals surface area contributed by atoms with Crippen LogP contribution in [0.15, 0.2) is 84.9 Å². The van der Waals surface area contributed by atoms with E-state index in [1.165, 1.54) is 32.7 Å². The molecule has 4 rings (SSSR count). The summed E-state index contributed by atoms with van der Waals surface area (Å²) in [6, 6.07) is 30.2. The van der Waals surface area contributed by atoms with Crippen molar-refractivity contribution in [2.45, 2.75) is 0 Å². The average molecular weight is 302 g/mol. The third kappa shape index (κ3) is 2.42. The van der Waals surface area contributed by atoms with Crippen LogP contribution in [0.4, 0.5) is 0 Å². The fourth-order valence-corrected chi connectivity index (χ4v) is 2.92. The molecule has 0 bridgehead atoms. The van der Waals surface area contributed by atoms with Gasteiger partial charge in [-0.2, -0.15) is 0 Å². The smallest absolute Gasteiger partial charge is 0 e. The first-order valence-electron chi connectivity index (χ1n) is 6.89. The topological polar surface area (TPSA) is 0 Å². The molecule has 0 saturated heterocycles. The van der Waals surface area contributed by atoms with Crippen molar-refractivity contribution in [3.8, 4) is 11.1 Å². The third-order valence-electron chi connectivity index (χ3n) is 3.87. The number of hydrogen-bond donors (Lipinski definition) is 0. The molecule has 0 spiro atoms. The maximum atomic E-state index is 2.21. The molecular weight excluding hydrogens is 288 g/mol. The van der Waals surface area contributed by atoms with Gasteiger partial charge < -0.3 is 0 Å². The molecule has 0 aliphatic carbocycles. The second kappa shape index (κ2) is 5.85. The van der Waals surface area contributed by atoms with Crippen LogP contribution in [0.3, 0.4) is 0 Å². The van der Waals surface area contributed by atoms with Gasteiger partial charge in [-0.1, -0.05) is 84.9 Å². The summed E-state index contributed by atoms with van der Waals surface area (Å²) in [5, 5.41) is 5.20. The van der Waals surface area contributed by atoms with Gasteiger partial charge in [0, 0.05) is 21.7 Å². The van der Waals surface area contributed by atoms with E-state index in [0.717, 1.165) is 0 Å². The molecule has 0 nitrogen and oxygen atoms in total. The fraction of sp³-hybridized carbons (Fsp3) is 0. The summed E-state index contributed by atoms with van der Waals surface area (Å²) in [5.41, 5.74) is 2.61. The van der Waals surface area contributed by atoms with E-state index in [1.54, 1.807) is 0 Å². The Labute approximate surface area is 139 Å². The normalized spacial score (nSPS) is 10.5. The quantitative estimate of drug-likeness (QED) is 0.398. The van der Waals surface area contributed by atoms with Gasteiger partial charge in [-0.05, 0) is 32.7 Å². The Kier molecular flexibility index (Phi) is 3.92. The third-order valence-corrected chi connectivity index (χ3v) is 3.87. The summed E-state index contributed by atoms with van der Waals surface area (Å²) in [6.07, 6.45) is 0. The second-order valence-electron chi connectivity index (χ2n) is 5.05. The number of hydrogen-bond acceptors (Lipinski definition) is 0. The predicted molar refractivity (Wildman–Crippen MR) is 86.9 cm³/mol. The van der Waals surface area contributed by atoms with Gasteiger partial charge in [-0.15, -0.1) is 0 Å². The minimum absolute atomic E-state index is 0. The molecule has 0 aromatic heterocycles. The zero-order valence-corrected chi connectivity index (χ0v) is 13.1. The molecule has 0 atom stereocenters. The maximum absolute atomic E-state index is 2.21. The van der Waals surface area contributed by atoms with Crippen LogP contribution < -0.4 is 0 Å². The van der Waals surface area contributed by atoms with Gasteiger partial charge in [0.05, 0.1) is 0 Å². The molecule has 0 unspecified atom stereocenters. The summed E-state index contributed by atoms with van der Waals surface area (Å²) in [4.78, 5) is 0. The first kappa shape index (κ1) is 14.1. The summed E-state index contributed by atoms with van der Waals surface area (Å²) < 4.78 is 0. The monoisotopic (exact) mass is 302 g/mol. The maximum Gasteiger partial charge on any atom is 0 e. The predicted octanol–water partition coefficient (Wildman–Crippen LogP) is 5.66. The van der Waals surface area contributed by atoms with E-state index in [4.69, 9.17) is 0 Å². The number of benzene rings is 4. The van der Waals surface area contributed by atoms with Crippen molar-refractivity contribution in [2.24, 2.45) is 0 Å². The molecule has 4 aromatic carbocycles. The standard InChI is InChI=1S/C20H14.Ti/c1-3-11-17-15(7-1)9-5-13-19(17)20-14-6-10-16-8-2-4-12-18(16)20;/h1-14H;. The van der Waals surface area contributed by atoms with E-state index < -0.39 is 0 Å². The molecule has 0 saturated carbocycles. The molecule has 0 fully saturated rings. The summed E-state index contributed by atoms with van der Waals surface area (Å²) >= 11 is 0. The zero-order valence-electron chi connectivity index (χ0n) is 11.6. The number of rotatable bonds is 1. The molecule has 0 amide bonds. The van der Waals surface area contributed by atoms with Gasteiger partial charge in [0.15, 0.2) is 0 Å². The largest absolute Gasteiger partial charge is 0.0616 e. The van der Waals surface area contributed by atoms with Gasteiger partial charge in [0.1, 0.15) is 0 Å². The molecule has 98 valence electrons. The van der Waals surface area contributed by atoms with Gasteiger partial charge in [-0.3, -0.25) is 0 Å². The van der Waals surface area contributed by atoms with Crippen molar-refractivity contribution < 1.29 is 21.7 Å². The SMILES string of the molecule is [Ti].c1ccc2c(-c3cccc4ccccc34)cccc2c1. The Balaban J connectivity index is 0.00000132. The van der Waals surface area contributed by atoms with Crippen LogP contribution in [-0.4, -0.2) is 0 Å². The molecule has 21 heavy (non-hydrogen) atoms. The molecule has 1 heteroatoms. The fourth-order valence-electron chi connectivity index (χ4n) is 2.92. The molecule has 0 N–H and O–H groups in total. The first-order valence-corrected chi connectivity index (χ1v) is 6.89. The van der Waals surface area contributed by atoms with Crippen LogP contribution in [0.1, 0.15) is 0 Å². The summed E-state index contributed by atoms with van der Waals surface area (Å²) in [7, 11) is 0. The van der Waals surface area contributed by atoms with Crippen molar-refractivity contribution in [1.82, 2.24) is 0 Å². The van der Waals surface area contributed by atoms with E-state index in [1.807, 2.05) is 0 Å². The molecule has 0 aliphatic rings. The Hall–Kier alpha value is -1.89. The molecule has 4 aromatic rings. The molecule has 0 radical (unpaired) electrons. The van der Waals surface area contributed by atoms with Gasteiger partial charge in [-0.25, -0.2) is 0 Å². The molecule has 0 heterocycles. The van der Waals surface area contributed by atoms with Crippen molar-refractivity contribution in [2.75, 3.05) is 0 Å². The number of fused-ring (bicyclic) bond motifs is 2. The van der Waals surface area contributed by atoms with Crippen LogP contribution >= 0.6 is 0 Å². The summed E-state index contributed by atoms with van der Waals surface area (Å²) in [5.74, 6) is 0. The van der Waals surface area contributed by atoms with Crippen LogP contribution in [0.5, 0.6) is 0 Å². The Morgan fingerprint density at radius 1 is 0.381 bits per heavy atom. The average Bonchev–Trinajstić information content (AvgIpc) is 2.54. The summed E-state index contributed by atoms with van der Waals surface area (Å²) in [6.45, 7) is 0. The first-order chi connectivity index (χ1) is 9.93. The van der Waals surface area contributed by atoms with Gasteiger partial charge in [0.25, 0.3) is 0 Å². The van der Waals surface area contributed by atoms with Crippen molar-refractivity contribution in [3.63, 3.8) is 0 Å². The van der Waals surface area contributed by atoms with Gasteiger partial charge in [0.2, 0.25) is 0 Å². The molecule has 0 aliphatic heterocycles. The van der Waals surface area contributed by atoms with Crippen molar-refractivity contribution in [3.05, 3.63) is 84.9 Å². The van der Waals surface area contributed by atoms with Crippen LogP contribution in [0.2, 0.25) is 0 Å². The second-order valence-corrected chi connectivity index (χ2v) is 5.05. The van der Waals surface area contributed by atoms with E-state index >= 15 is 0 Å². The van der Waals surface area contributed by atoms with Crippen molar-refractivity contribution >= 4 is 21.5 Å². The van der Waals surface area contributed by atoms with Crippen LogP contribution in [0, 0.1) is 0 Å².